The zero-order valence-electron chi connectivity index (χ0n) is 31.9. The van der Waals surface area contributed by atoms with Gasteiger partial charge in [0.15, 0.2) is 0 Å². The lowest BCUT2D eigenvalue weighted by Crippen LogP contribution is -1.92. The Bertz CT molecular complexity index is 3380. The Labute approximate surface area is 338 Å². The lowest BCUT2D eigenvalue weighted by molar-refractivity contribution is 1.61. The Morgan fingerprint density at radius 1 is 0.207 bits per heavy atom. The molecule has 11 rings (SSSR count). The van der Waals surface area contributed by atoms with Gasteiger partial charge in [-0.15, -0.1) is 0 Å². The van der Waals surface area contributed by atoms with Crippen molar-refractivity contribution in [3.63, 3.8) is 0 Å². The van der Waals surface area contributed by atoms with E-state index >= 15 is 0 Å². The Morgan fingerprint density at radius 2 is 0.603 bits per heavy atom. The maximum atomic E-state index is 2.43. The average molecular weight is 735 g/mol. The van der Waals surface area contributed by atoms with Crippen molar-refractivity contribution >= 4 is 66.0 Å². The van der Waals surface area contributed by atoms with Crippen LogP contribution in [0.1, 0.15) is 11.1 Å². The molecule has 0 bridgehead atoms. The normalized spacial score (nSPS) is 11.7. The molecule has 0 nitrogen and oxygen atoms in total. The summed E-state index contributed by atoms with van der Waals surface area (Å²) in [4.78, 5) is 0. The van der Waals surface area contributed by atoms with E-state index in [0.29, 0.717) is 0 Å². The maximum Gasteiger partial charge on any atom is -0.00259 e. The fourth-order valence-corrected chi connectivity index (χ4v) is 8.85. The van der Waals surface area contributed by atoms with Crippen molar-refractivity contribution in [2.45, 2.75) is 0 Å². The first-order valence-electron chi connectivity index (χ1n) is 20.1. The van der Waals surface area contributed by atoms with Crippen LogP contribution in [-0.4, -0.2) is 0 Å². The molecule has 0 radical (unpaired) electrons. The molecule has 0 fully saturated rings. The minimum Gasteiger partial charge on any atom is -0.0622 e. The Hall–Kier alpha value is -7.54. The van der Waals surface area contributed by atoms with E-state index in [1.807, 2.05) is 0 Å². The average Bonchev–Trinajstić information content (AvgIpc) is 3.29. The second-order valence-corrected chi connectivity index (χ2v) is 15.3. The van der Waals surface area contributed by atoms with Gasteiger partial charge in [-0.2, -0.15) is 0 Å². The molecule has 0 unspecified atom stereocenters. The molecular formula is C58H38. The van der Waals surface area contributed by atoms with Crippen molar-refractivity contribution in [1.82, 2.24) is 0 Å². The van der Waals surface area contributed by atoms with Gasteiger partial charge in [0.25, 0.3) is 0 Å². The number of hydrogen-bond acceptors (Lipinski definition) is 0. The highest BCUT2D eigenvalue weighted by molar-refractivity contribution is 6.22. The van der Waals surface area contributed by atoms with E-state index in [1.54, 1.807) is 0 Å². The minimum atomic E-state index is 1.19. The summed E-state index contributed by atoms with van der Waals surface area (Å²) in [5.41, 5.74) is 12.2. The third kappa shape index (κ3) is 6.13. The van der Waals surface area contributed by atoms with E-state index < -0.39 is 0 Å². The van der Waals surface area contributed by atoms with Gasteiger partial charge in [-0.1, -0.05) is 194 Å². The topological polar surface area (TPSA) is 0 Å². The molecule has 58 heavy (non-hydrogen) atoms. The highest BCUT2D eigenvalue weighted by atomic mass is 14.2. The van der Waals surface area contributed by atoms with Gasteiger partial charge < -0.3 is 0 Å². The zero-order chi connectivity index (χ0) is 38.4. The number of hydrogen-bond donors (Lipinski definition) is 0. The van der Waals surface area contributed by atoms with Crippen LogP contribution in [0.5, 0.6) is 0 Å². The first-order chi connectivity index (χ1) is 28.7. The summed E-state index contributed by atoms with van der Waals surface area (Å²) in [6, 6.07) is 80.2. The van der Waals surface area contributed by atoms with E-state index in [9.17, 15) is 0 Å². The number of fused-ring (bicyclic) bond motifs is 5. The summed E-state index contributed by atoms with van der Waals surface area (Å²) in [5, 5.41) is 12.5. The van der Waals surface area contributed by atoms with Gasteiger partial charge in [-0.25, -0.2) is 0 Å². The van der Waals surface area contributed by atoms with Crippen LogP contribution in [0.2, 0.25) is 0 Å². The smallest absolute Gasteiger partial charge is 0.00259 e. The molecular weight excluding hydrogens is 697 g/mol. The van der Waals surface area contributed by atoms with E-state index in [4.69, 9.17) is 0 Å². The van der Waals surface area contributed by atoms with Crippen molar-refractivity contribution in [3.8, 4) is 44.5 Å². The SMILES string of the molecule is C(=Cc1cccc(-c2ccc3cc(-c4ccc5c(-c6ccc7ccccc7c6)c6ccccc6c(-c6ccc7ccccc7c6)c5c4)ccc3c2)c1)c1ccccc1. The summed E-state index contributed by atoms with van der Waals surface area (Å²) in [7, 11) is 0. The van der Waals surface area contributed by atoms with Gasteiger partial charge in [-0.3, -0.25) is 0 Å². The van der Waals surface area contributed by atoms with Crippen molar-refractivity contribution < 1.29 is 0 Å². The van der Waals surface area contributed by atoms with Crippen LogP contribution in [-0.2, 0) is 0 Å². The monoisotopic (exact) mass is 734 g/mol. The second kappa shape index (κ2) is 14.2. The molecule has 0 atom stereocenters. The van der Waals surface area contributed by atoms with Crippen molar-refractivity contribution in [2.24, 2.45) is 0 Å². The lowest BCUT2D eigenvalue weighted by Gasteiger charge is -2.19. The van der Waals surface area contributed by atoms with E-state index in [0.717, 1.165) is 0 Å². The Kier molecular flexibility index (Phi) is 8.26. The van der Waals surface area contributed by atoms with E-state index in [1.165, 1.54) is 109 Å². The fraction of sp³-hybridized carbons (Fsp3) is 0. The second-order valence-electron chi connectivity index (χ2n) is 15.3. The molecule has 0 aliphatic rings. The van der Waals surface area contributed by atoms with Gasteiger partial charge >= 0.3 is 0 Å². The Morgan fingerprint density at radius 3 is 1.24 bits per heavy atom. The number of rotatable bonds is 6. The highest BCUT2D eigenvalue weighted by Gasteiger charge is 2.18. The third-order valence-electron chi connectivity index (χ3n) is 11.8. The molecule has 270 valence electrons. The van der Waals surface area contributed by atoms with Crippen LogP contribution < -0.4 is 0 Å². The van der Waals surface area contributed by atoms with Crippen LogP contribution in [0, 0.1) is 0 Å². The largest absolute Gasteiger partial charge is 0.0622 e. The van der Waals surface area contributed by atoms with Crippen LogP contribution in [0.4, 0.5) is 0 Å². The predicted octanol–water partition coefficient (Wildman–Crippen LogP) is 16.3. The molecule has 0 heteroatoms. The molecule has 0 aliphatic heterocycles. The fourth-order valence-electron chi connectivity index (χ4n) is 8.85. The van der Waals surface area contributed by atoms with Crippen molar-refractivity contribution in [1.29, 1.82) is 0 Å². The summed E-state index contributed by atoms with van der Waals surface area (Å²) < 4.78 is 0. The lowest BCUT2D eigenvalue weighted by atomic mass is 9.84. The molecule has 0 aromatic heterocycles. The Balaban J connectivity index is 1.05. The van der Waals surface area contributed by atoms with Gasteiger partial charge in [0.05, 0.1) is 0 Å². The van der Waals surface area contributed by atoms with Gasteiger partial charge in [-0.05, 0) is 146 Å². The van der Waals surface area contributed by atoms with Crippen LogP contribution in [0.25, 0.3) is 111 Å². The van der Waals surface area contributed by atoms with E-state index in [2.05, 4.69) is 231 Å². The van der Waals surface area contributed by atoms with Gasteiger partial charge in [0.1, 0.15) is 0 Å². The molecule has 0 saturated heterocycles. The van der Waals surface area contributed by atoms with Crippen LogP contribution >= 0.6 is 0 Å². The first kappa shape index (κ1) is 33.8. The van der Waals surface area contributed by atoms with Crippen LogP contribution in [0.15, 0.2) is 218 Å². The molecule has 0 spiro atoms. The maximum absolute atomic E-state index is 2.43. The van der Waals surface area contributed by atoms with Crippen molar-refractivity contribution in [3.05, 3.63) is 230 Å². The number of benzene rings is 11. The quantitative estimate of drug-likeness (QED) is 0.118. The summed E-state index contributed by atoms with van der Waals surface area (Å²) in [6.07, 6.45) is 4.36. The summed E-state index contributed by atoms with van der Waals surface area (Å²) in [6.45, 7) is 0. The highest BCUT2D eigenvalue weighted by Crippen LogP contribution is 2.46. The first-order valence-corrected chi connectivity index (χ1v) is 20.1. The summed E-state index contributed by atoms with van der Waals surface area (Å²) in [5.74, 6) is 0. The molecule has 0 saturated carbocycles. The molecule has 11 aromatic carbocycles. The third-order valence-corrected chi connectivity index (χ3v) is 11.8. The minimum absolute atomic E-state index is 1.19. The van der Waals surface area contributed by atoms with Crippen molar-refractivity contribution in [2.75, 3.05) is 0 Å². The van der Waals surface area contributed by atoms with Crippen LogP contribution in [0.3, 0.4) is 0 Å². The standard InChI is InChI=1S/C58H38/c1-2-11-39(12-3-1)21-22-40-13-10-18-43(33-40)46-25-26-48-35-49(28-27-47(48)34-46)50-31-32-55-56(38-50)58(52-30-24-42-15-5-7-17-45(42)37-52)54-20-9-8-19-53(54)57(55)51-29-23-41-14-4-6-16-44(41)36-51/h1-38H. The molecule has 11 aromatic rings. The molecule has 0 aliphatic carbocycles. The predicted molar refractivity (Wildman–Crippen MR) is 251 cm³/mol. The van der Waals surface area contributed by atoms with E-state index in [-0.39, 0.29) is 0 Å². The van der Waals surface area contributed by atoms with Gasteiger partial charge in [0, 0.05) is 0 Å². The van der Waals surface area contributed by atoms with Gasteiger partial charge in [0.2, 0.25) is 0 Å². The summed E-state index contributed by atoms with van der Waals surface area (Å²) >= 11 is 0. The molecule has 0 heterocycles. The molecule has 0 N–H and O–H groups in total. The molecule has 0 amide bonds. The zero-order valence-corrected chi connectivity index (χ0v) is 31.9.